The lowest BCUT2D eigenvalue weighted by Gasteiger charge is -2.22. The summed E-state index contributed by atoms with van der Waals surface area (Å²) in [4.78, 5) is 38.2. The van der Waals surface area contributed by atoms with Crippen LogP contribution in [-0.4, -0.2) is 45.3 Å². The number of ether oxygens (including phenoxy) is 3. The van der Waals surface area contributed by atoms with Crippen LogP contribution in [0.3, 0.4) is 0 Å². The molecule has 0 N–H and O–H groups in total. The van der Waals surface area contributed by atoms with Crippen molar-refractivity contribution in [3.63, 3.8) is 0 Å². The summed E-state index contributed by atoms with van der Waals surface area (Å²) in [6, 6.07) is 10.2. The summed E-state index contributed by atoms with van der Waals surface area (Å²) in [5, 5.41) is 0.258. The van der Waals surface area contributed by atoms with Gasteiger partial charge < -0.3 is 14.2 Å². The maximum atomic E-state index is 13.1. The van der Waals surface area contributed by atoms with Gasteiger partial charge in [-0.15, -0.1) is 0 Å². The van der Waals surface area contributed by atoms with Crippen molar-refractivity contribution in [2.75, 3.05) is 13.7 Å². The molecule has 0 radical (unpaired) electrons. The fourth-order valence-corrected chi connectivity index (χ4v) is 3.99. The predicted molar refractivity (Wildman–Crippen MR) is 132 cm³/mol. The molecule has 2 rings (SSSR count). The molecule has 0 amide bonds. The molecule has 2 aromatic carbocycles. The Labute approximate surface area is 201 Å². The second-order valence-corrected chi connectivity index (χ2v) is 15.9. The van der Waals surface area contributed by atoms with Crippen molar-refractivity contribution in [3.8, 4) is 11.1 Å². The van der Waals surface area contributed by atoms with Crippen LogP contribution >= 0.6 is 11.6 Å². The molecule has 33 heavy (non-hydrogen) atoms. The van der Waals surface area contributed by atoms with Crippen LogP contribution in [-0.2, 0) is 14.2 Å². The number of carbonyl (C=O) groups is 3. The van der Waals surface area contributed by atoms with E-state index in [1.54, 1.807) is 51.1 Å². The number of carbonyl (C=O) groups excluding carboxylic acids is 3. The van der Waals surface area contributed by atoms with Gasteiger partial charge in [-0.2, -0.15) is 0 Å². The van der Waals surface area contributed by atoms with E-state index in [9.17, 15) is 14.4 Å². The van der Waals surface area contributed by atoms with Crippen molar-refractivity contribution in [2.45, 2.75) is 52.1 Å². The van der Waals surface area contributed by atoms with E-state index in [-0.39, 0.29) is 21.7 Å². The number of rotatable bonds is 7. The molecule has 0 atom stereocenters. The number of esters is 3. The lowest BCUT2D eigenvalue weighted by molar-refractivity contribution is 0.00701. The molecule has 0 aliphatic rings. The summed E-state index contributed by atoms with van der Waals surface area (Å²) >= 11 is 6.44. The van der Waals surface area contributed by atoms with E-state index in [0.29, 0.717) is 17.7 Å². The third kappa shape index (κ3) is 7.44. The first-order valence-corrected chi connectivity index (χ1v) is 14.7. The monoisotopic (exact) mass is 490 g/mol. The van der Waals surface area contributed by atoms with E-state index in [2.05, 4.69) is 19.6 Å². The molecular formula is C25H31ClO6Si. The maximum absolute atomic E-state index is 13.1. The molecule has 8 heteroatoms. The van der Waals surface area contributed by atoms with Crippen molar-refractivity contribution in [2.24, 2.45) is 0 Å². The SMILES string of the molecule is COC(=O)c1cccc(Cl)c1-c1ccc(C(=O)OCC[Si](C)(C)C)cc1C(=O)OC(C)(C)C. The quantitative estimate of drug-likeness (QED) is 0.259. The molecule has 0 saturated heterocycles. The van der Waals surface area contributed by atoms with Gasteiger partial charge in [-0.05, 0) is 56.6 Å². The minimum absolute atomic E-state index is 0.0998. The van der Waals surface area contributed by atoms with Crippen molar-refractivity contribution < 1.29 is 28.6 Å². The van der Waals surface area contributed by atoms with E-state index >= 15 is 0 Å². The summed E-state index contributed by atoms with van der Waals surface area (Å²) < 4.78 is 15.9. The molecule has 0 spiro atoms. The van der Waals surface area contributed by atoms with Crippen molar-refractivity contribution in [1.29, 1.82) is 0 Å². The molecule has 2 aromatic rings. The minimum atomic E-state index is -1.37. The molecule has 0 bridgehead atoms. The Morgan fingerprint density at radius 2 is 1.61 bits per heavy atom. The van der Waals surface area contributed by atoms with Crippen molar-refractivity contribution in [3.05, 3.63) is 58.1 Å². The van der Waals surface area contributed by atoms with Crippen LogP contribution < -0.4 is 0 Å². The highest BCUT2D eigenvalue weighted by Crippen LogP contribution is 2.35. The van der Waals surface area contributed by atoms with Crippen LogP contribution in [0.4, 0.5) is 0 Å². The first kappa shape index (κ1) is 26.6. The molecule has 0 aliphatic carbocycles. The van der Waals surface area contributed by atoms with E-state index in [0.717, 1.165) is 6.04 Å². The first-order chi connectivity index (χ1) is 15.2. The van der Waals surface area contributed by atoms with Crippen LogP contribution in [0.15, 0.2) is 36.4 Å². The largest absolute Gasteiger partial charge is 0.465 e. The fourth-order valence-electron chi connectivity index (χ4n) is 3.00. The minimum Gasteiger partial charge on any atom is -0.465 e. The van der Waals surface area contributed by atoms with Crippen LogP contribution in [0.25, 0.3) is 11.1 Å². The lowest BCUT2D eigenvalue weighted by atomic mass is 9.93. The second-order valence-electron chi connectivity index (χ2n) is 9.86. The van der Waals surface area contributed by atoms with Gasteiger partial charge in [0.05, 0.1) is 30.4 Å². The number of benzene rings is 2. The van der Waals surface area contributed by atoms with Crippen molar-refractivity contribution >= 4 is 37.6 Å². The Bertz CT molecular complexity index is 1050. The lowest BCUT2D eigenvalue weighted by Crippen LogP contribution is -2.25. The first-order valence-electron chi connectivity index (χ1n) is 10.7. The van der Waals surface area contributed by atoms with E-state index in [1.165, 1.54) is 13.2 Å². The second kappa shape index (κ2) is 10.5. The molecule has 0 aliphatic heterocycles. The smallest absolute Gasteiger partial charge is 0.339 e. The Balaban J connectivity index is 2.58. The molecular weight excluding hydrogens is 460 g/mol. The van der Waals surface area contributed by atoms with Gasteiger partial charge in [0.1, 0.15) is 5.60 Å². The van der Waals surface area contributed by atoms with Gasteiger partial charge in [0.15, 0.2) is 0 Å². The Hall–Kier alpha value is -2.64. The van der Waals surface area contributed by atoms with E-state index in [1.807, 2.05) is 0 Å². The highest BCUT2D eigenvalue weighted by Gasteiger charge is 2.26. The predicted octanol–water partition coefficient (Wildman–Crippen LogP) is 6.24. The molecule has 178 valence electrons. The number of hydrogen-bond donors (Lipinski definition) is 0. The molecule has 0 fully saturated rings. The van der Waals surface area contributed by atoms with Crippen LogP contribution in [0.2, 0.25) is 30.7 Å². The van der Waals surface area contributed by atoms with E-state index < -0.39 is 31.6 Å². The number of halogens is 1. The Morgan fingerprint density at radius 1 is 0.939 bits per heavy atom. The molecule has 0 unspecified atom stereocenters. The van der Waals surface area contributed by atoms with Gasteiger partial charge in [-0.3, -0.25) is 0 Å². The van der Waals surface area contributed by atoms with Crippen LogP contribution in [0.5, 0.6) is 0 Å². The number of methoxy groups -OCH3 is 1. The third-order valence-corrected chi connectivity index (χ3v) is 6.67. The zero-order valence-electron chi connectivity index (χ0n) is 20.2. The summed E-state index contributed by atoms with van der Waals surface area (Å²) in [7, 11) is -0.105. The summed E-state index contributed by atoms with van der Waals surface area (Å²) in [5.74, 6) is -1.78. The van der Waals surface area contributed by atoms with E-state index in [4.69, 9.17) is 25.8 Å². The molecule has 0 aromatic heterocycles. The summed E-state index contributed by atoms with van der Waals surface area (Å²) in [5.41, 5.74) is 0.415. The highest BCUT2D eigenvalue weighted by molar-refractivity contribution is 6.76. The average molecular weight is 491 g/mol. The highest BCUT2D eigenvalue weighted by atomic mass is 35.5. The molecule has 0 heterocycles. The van der Waals surface area contributed by atoms with Gasteiger partial charge >= 0.3 is 17.9 Å². The average Bonchev–Trinajstić information content (AvgIpc) is 2.70. The Kier molecular flexibility index (Phi) is 8.49. The topological polar surface area (TPSA) is 78.9 Å². The third-order valence-electron chi connectivity index (χ3n) is 4.65. The fraction of sp³-hybridized carbons (Fsp3) is 0.400. The van der Waals surface area contributed by atoms with Gasteiger partial charge in [-0.1, -0.05) is 43.4 Å². The van der Waals surface area contributed by atoms with Gasteiger partial charge in [0, 0.05) is 18.7 Å². The zero-order valence-corrected chi connectivity index (χ0v) is 22.0. The van der Waals surface area contributed by atoms with Gasteiger partial charge in [-0.25, -0.2) is 14.4 Å². The Morgan fingerprint density at radius 3 is 2.18 bits per heavy atom. The normalized spacial score (nSPS) is 11.6. The summed E-state index contributed by atoms with van der Waals surface area (Å²) in [6.07, 6.45) is 0. The van der Waals surface area contributed by atoms with Crippen LogP contribution in [0.1, 0.15) is 51.8 Å². The maximum Gasteiger partial charge on any atom is 0.339 e. The van der Waals surface area contributed by atoms with Gasteiger partial charge in [0.25, 0.3) is 0 Å². The summed E-state index contributed by atoms with van der Waals surface area (Å²) in [6.45, 7) is 12.1. The van der Waals surface area contributed by atoms with Crippen LogP contribution in [0, 0.1) is 0 Å². The molecule has 0 saturated carbocycles. The molecule has 6 nitrogen and oxygen atoms in total. The zero-order chi connectivity index (χ0) is 25.0. The standard InChI is InChI=1S/C25H31ClO6Si/c1-25(2,3)32-24(29)19-15-16(22(27)31-13-14-33(5,6)7)11-12-17(19)21-18(23(28)30-4)9-8-10-20(21)26/h8-12,15H,13-14H2,1-7H3. The van der Waals surface area contributed by atoms with Gasteiger partial charge in [0.2, 0.25) is 0 Å². The van der Waals surface area contributed by atoms with Crippen molar-refractivity contribution in [1.82, 2.24) is 0 Å². The number of hydrogen-bond acceptors (Lipinski definition) is 6.